The number of carbonyl (C=O) groups is 1. The zero-order valence-corrected chi connectivity index (χ0v) is 18.3. The normalized spacial score (nSPS) is 19.9. The van der Waals surface area contributed by atoms with Crippen molar-refractivity contribution in [1.82, 2.24) is 9.80 Å². The predicted molar refractivity (Wildman–Crippen MR) is 118 cm³/mol. The molecule has 4 nitrogen and oxygen atoms in total. The van der Waals surface area contributed by atoms with Gasteiger partial charge in [-0.3, -0.25) is 9.69 Å². The topological polar surface area (TPSA) is 32.8 Å². The lowest BCUT2D eigenvalue weighted by Gasteiger charge is -2.39. The van der Waals surface area contributed by atoms with Gasteiger partial charge in [0.1, 0.15) is 0 Å². The van der Waals surface area contributed by atoms with Crippen molar-refractivity contribution in [3.05, 3.63) is 58.6 Å². The minimum atomic E-state index is -0.196. The van der Waals surface area contributed by atoms with Crippen LogP contribution in [0.1, 0.15) is 30.5 Å². The van der Waals surface area contributed by atoms with E-state index in [0.717, 1.165) is 50.6 Å². The number of carbonyl (C=O) groups excluding carboxylic acids is 1. The number of fused-ring (bicyclic) bond motifs is 2. The zero-order chi connectivity index (χ0) is 20.2. The van der Waals surface area contributed by atoms with E-state index in [1.807, 2.05) is 17.8 Å². The van der Waals surface area contributed by atoms with Crippen molar-refractivity contribution in [1.29, 1.82) is 0 Å². The number of piperazine rings is 1. The predicted octanol–water partition coefficient (Wildman–Crippen LogP) is 4.66. The van der Waals surface area contributed by atoms with Crippen molar-refractivity contribution in [2.45, 2.75) is 35.6 Å². The molecular weight excluding hydrogens is 404 g/mol. The number of hydrogen-bond donors (Lipinski definition) is 0. The molecule has 0 bridgehead atoms. The minimum Gasteiger partial charge on any atom is -0.466 e. The highest BCUT2D eigenvalue weighted by atomic mass is 35.5. The van der Waals surface area contributed by atoms with Gasteiger partial charge in [0.05, 0.1) is 6.61 Å². The van der Waals surface area contributed by atoms with E-state index in [-0.39, 0.29) is 5.97 Å². The van der Waals surface area contributed by atoms with E-state index in [9.17, 15) is 4.79 Å². The van der Waals surface area contributed by atoms with Gasteiger partial charge in [0.25, 0.3) is 0 Å². The Balaban J connectivity index is 1.45. The third-order valence-corrected chi connectivity index (χ3v) is 7.15. The molecule has 2 heterocycles. The van der Waals surface area contributed by atoms with Crippen LogP contribution in [0, 0.1) is 0 Å². The van der Waals surface area contributed by atoms with E-state index < -0.39 is 0 Å². The number of hydrogen-bond acceptors (Lipinski definition) is 5. The third kappa shape index (κ3) is 5.15. The molecule has 2 aromatic rings. The molecule has 2 aliphatic heterocycles. The van der Waals surface area contributed by atoms with E-state index in [0.29, 0.717) is 12.6 Å². The summed E-state index contributed by atoms with van der Waals surface area (Å²) in [7, 11) is 0. The molecule has 0 amide bonds. The van der Waals surface area contributed by atoms with E-state index in [4.69, 9.17) is 16.3 Å². The van der Waals surface area contributed by atoms with Crippen LogP contribution in [0.4, 0.5) is 0 Å². The van der Waals surface area contributed by atoms with Crippen LogP contribution in [0.3, 0.4) is 0 Å². The summed E-state index contributed by atoms with van der Waals surface area (Å²) in [6.45, 7) is 7.12. The second kappa shape index (κ2) is 9.52. The van der Waals surface area contributed by atoms with Gasteiger partial charge in [0, 0.05) is 60.5 Å². The largest absolute Gasteiger partial charge is 0.466 e. The van der Waals surface area contributed by atoms with Crippen LogP contribution in [0.2, 0.25) is 5.02 Å². The molecule has 0 aromatic heterocycles. The average Bonchev–Trinajstić information content (AvgIpc) is 2.88. The maximum atomic E-state index is 10.9. The monoisotopic (exact) mass is 430 g/mol. The van der Waals surface area contributed by atoms with E-state index in [1.165, 1.54) is 27.8 Å². The summed E-state index contributed by atoms with van der Waals surface area (Å²) < 4.78 is 5.06. The first-order chi connectivity index (χ1) is 14.1. The molecular formula is C23H27ClN2O2S. The lowest BCUT2D eigenvalue weighted by atomic mass is 9.96. The first-order valence-corrected chi connectivity index (χ1v) is 11.4. The third-order valence-electron chi connectivity index (χ3n) is 5.71. The van der Waals surface area contributed by atoms with Crippen molar-refractivity contribution in [3.63, 3.8) is 0 Å². The van der Waals surface area contributed by atoms with Crippen molar-refractivity contribution < 1.29 is 9.53 Å². The molecule has 0 aliphatic carbocycles. The zero-order valence-electron chi connectivity index (χ0n) is 16.8. The molecule has 0 N–H and O–H groups in total. The molecule has 0 saturated carbocycles. The Morgan fingerprint density at radius 2 is 1.93 bits per heavy atom. The van der Waals surface area contributed by atoms with Crippen molar-refractivity contribution >= 4 is 29.3 Å². The summed E-state index contributed by atoms with van der Waals surface area (Å²) in [6, 6.07) is 15.4. The summed E-state index contributed by atoms with van der Waals surface area (Å²) in [6.07, 6.45) is 1.91. The molecule has 2 aliphatic rings. The molecule has 6 heteroatoms. The molecule has 1 saturated heterocycles. The lowest BCUT2D eigenvalue weighted by molar-refractivity contribution is -0.141. The van der Waals surface area contributed by atoms with Gasteiger partial charge in [-0.15, -0.1) is 0 Å². The summed E-state index contributed by atoms with van der Waals surface area (Å²) in [5.74, 6) is -0.196. The van der Waals surface area contributed by atoms with Crippen LogP contribution in [-0.2, 0) is 16.0 Å². The summed E-state index contributed by atoms with van der Waals surface area (Å²) in [5, 5.41) is 0.810. The smallest absolute Gasteiger partial charge is 0.302 e. The quantitative estimate of drug-likeness (QED) is 0.509. The fourth-order valence-corrected chi connectivity index (χ4v) is 5.51. The van der Waals surface area contributed by atoms with Gasteiger partial charge >= 0.3 is 5.97 Å². The van der Waals surface area contributed by atoms with Gasteiger partial charge in [0.2, 0.25) is 0 Å². The SMILES string of the molecule is CC(=O)OCCCN1CCN(C2Cc3ccccc3Sc3ccc(Cl)cc32)CC1. The Labute approximate surface area is 182 Å². The fourth-order valence-electron chi connectivity index (χ4n) is 4.21. The van der Waals surface area contributed by atoms with Gasteiger partial charge in [-0.05, 0) is 48.2 Å². The van der Waals surface area contributed by atoms with E-state index >= 15 is 0 Å². The van der Waals surface area contributed by atoms with Crippen molar-refractivity contribution in [3.8, 4) is 0 Å². The maximum Gasteiger partial charge on any atom is 0.302 e. The van der Waals surface area contributed by atoms with E-state index in [1.54, 1.807) is 0 Å². The van der Waals surface area contributed by atoms with Crippen LogP contribution in [0.5, 0.6) is 0 Å². The number of ether oxygens (including phenoxy) is 1. The molecule has 4 rings (SSSR count). The second-order valence-electron chi connectivity index (χ2n) is 7.68. The molecule has 29 heavy (non-hydrogen) atoms. The molecule has 1 unspecified atom stereocenters. The first kappa shape index (κ1) is 20.7. The van der Waals surface area contributed by atoms with Crippen LogP contribution in [-0.4, -0.2) is 55.1 Å². The van der Waals surface area contributed by atoms with Crippen molar-refractivity contribution in [2.75, 3.05) is 39.3 Å². The van der Waals surface area contributed by atoms with E-state index in [2.05, 4.69) is 46.2 Å². The lowest BCUT2D eigenvalue weighted by Crippen LogP contribution is -2.48. The van der Waals surface area contributed by atoms with Gasteiger partial charge in [0.15, 0.2) is 0 Å². The molecule has 0 spiro atoms. The molecule has 1 atom stereocenters. The number of esters is 1. The number of nitrogens with zero attached hydrogens (tertiary/aromatic N) is 2. The molecule has 2 aromatic carbocycles. The van der Waals surface area contributed by atoms with Crippen LogP contribution in [0.15, 0.2) is 52.3 Å². The van der Waals surface area contributed by atoms with Crippen LogP contribution in [0.25, 0.3) is 0 Å². The number of rotatable bonds is 5. The van der Waals surface area contributed by atoms with Gasteiger partial charge in [-0.1, -0.05) is 41.6 Å². The van der Waals surface area contributed by atoms with Gasteiger partial charge in [-0.2, -0.15) is 0 Å². The highest BCUT2D eigenvalue weighted by Crippen LogP contribution is 2.43. The van der Waals surface area contributed by atoms with Crippen LogP contribution >= 0.6 is 23.4 Å². The highest BCUT2D eigenvalue weighted by Gasteiger charge is 2.30. The molecule has 1 fully saturated rings. The Morgan fingerprint density at radius 1 is 1.14 bits per heavy atom. The average molecular weight is 431 g/mol. The number of halogens is 1. The van der Waals surface area contributed by atoms with Gasteiger partial charge in [-0.25, -0.2) is 0 Å². The minimum absolute atomic E-state index is 0.196. The Kier molecular flexibility index (Phi) is 6.81. The highest BCUT2D eigenvalue weighted by molar-refractivity contribution is 7.99. The second-order valence-corrected chi connectivity index (χ2v) is 9.20. The first-order valence-electron chi connectivity index (χ1n) is 10.2. The maximum absolute atomic E-state index is 10.9. The van der Waals surface area contributed by atoms with Crippen molar-refractivity contribution in [2.24, 2.45) is 0 Å². The fraction of sp³-hybridized carbons (Fsp3) is 0.435. The number of benzene rings is 2. The summed E-state index contributed by atoms with van der Waals surface area (Å²) in [5.41, 5.74) is 2.76. The molecule has 0 radical (unpaired) electrons. The summed E-state index contributed by atoms with van der Waals surface area (Å²) >= 11 is 8.25. The molecule has 154 valence electrons. The van der Waals surface area contributed by atoms with Crippen LogP contribution < -0.4 is 0 Å². The summed E-state index contributed by atoms with van der Waals surface area (Å²) in [4.78, 5) is 18.6. The van der Waals surface area contributed by atoms with Gasteiger partial charge < -0.3 is 9.64 Å². The standard InChI is InChI=1S/C23H27ClN2O2S/c1-17(27)28-14-4-9-25-10-12-26(13-11-25)21-15-18-5-2-3-6-22(18)29-23-8-7-19(24)16-20(21)23/h2-3,5-8,16,21H,4,9-15H2,1H3. The Bertz CT molecular complexity index is 868. The Hall–Kier alpha value is -1.53. The Morgan fingerprint density at radius 3 is 2.72 bits per heavy atom.